The number of fused-ring (bicyclic) bond motifs is 1. The molecule has 1 amide bonds. The number of hydrogen-bond acceptors (Lipinski definition) is 5. The zero-order valence-corrected chi connectivity index (χ0v) is 11.0. The van der Waals surface area contributed by atoms with Gasteiger partial charge < -0.3 is 16.2 Å². The van der Waals surface area contributed by atoms with Gasteiger partial charge in [0.25, 0.3) is 5.91 Å². The summed E-state index contributed by atoms with van der Waals surface area (Å²) < 4.78 is 1.51. The Labute approximate surface area is 115 Å². The largest absolute Gasteiger partial charge is 0.391 e. The van der Waals surface area contributed by atoms with Crippen molar-refractivity contribution in [1.29, 1.82) is 0 Å². The number of rotatable bonds is 3. The van der Waals surface area contributed by atoms with Crippen molar-refractivity contribution in [2.45, 2.75) is 37.8 Å². The highest BCUT2D eigenvalue weighted by Gasteiger charge is 2.26. The molecular formula is C13H17N5O2. The van der Waals surface area contributed by atoms with E-state index in [2.05, 4.69) is 15.4 Å². The molecule has 20 heavy (non-hydrogen) atoms. The third kappa shape index (κ3) is 2.20. The van der Waals surface area contributed by atoms with Crippen LogP contribution in [0.2, 0.25) is 0 Å². The Morgan fingerprint density at radius 3 is 3.00 bits per heavy atom. The van der Waals surface area contributed by atoms with Crippen LogP contribution in [0, 0.1) is 0 Å². The Morgan fingerprint density at radius 2 is 2.25 bits per heavy atom. The number of nitrogens with two attached hydrogens (primary N) is 1. The third-order valence-electron chi connectivity index (χ3n) is 3.69. The lowest BCUT2D eigenvalue weighted by Crippen LogP contribution is -2.37. The van der Waals surface area contributed by atoms with Crippen molar-refractivity contribution in [3.05, 3.63) is 24.0 Å². The van der Waals surface area contributed by atoms with Crippen LogP contribution < -0.4 is 11.1 Å². The summed E-state index contributed by atoms with van der Waals surface area (Å²) in [6.45, 7) is 0. The predicted molar refractivity (Wildman–Crippen MR) is 73.4 cm³/mol. The first-order valence-electron chi connectivity index (χ1n) is 6.74. The van der Waals surface area contributed by atoms with E-state index in [4.69, 9.17) is 5.73 Å². The van der Waals surface area contributed by atoms with E-state index in [1.807, 2.05) is 0 Å². The summed E-state index contributed by atoms with van der Waals surface area (Å²) in [5, 5.41) is 17.4. The fourth-order valence-electron chi connectivity index (χ4n) is 2.67. The minimum atomic E-state index is -0.577. The molecule has 2 aromatic rings. The number of carbonyl (C=O) groups excluding carboxylic acids is 1. The number of aliphatic hydroxyl groups is 1. The maximum Gasteiger partial charge on any atom is 0.256 e. The van der Waals surface area contributed by atoms with Crippen molar-refractivity contribution < 1.29 is 9.90 Å². The molecule has 7 nitrogen and oxygen atoms in total. The van der Waals surface area contributed by atoms with Crippen LogP contribution in [0.15, 0.2) is 18.5 Å². The van der Waals surface area contributed by atoms with Gasteiger partial charge in [0.2, 0.25) is 0 Å². The Balaban J connectivity index is 1.98. The molecule has 0 aliphatic heterocycles. The summed E-state index contributed by atoms with van der Waals surface area (Å²) in [6, 6.07) is 1.62. The molecule has 1 aliphatic carbocycles. The van der Waals surface area contributed by atoms with Crippen molar-refractivity contribution in [3.8, 4) is 0 Å². The van der Waals surface area contributed by atoms with E-state index in [1.54, 1.807) is 18.5 Å². The van der Waals surface area contributed by atoms with Crippen LogP contribution in [0.25, 0.3) is 5.65 Å². The van der Waals surface area contributed by atoms with Gasteiger partial charge in [0.15, 0.2) is 11.5 Å². The highest BCUT2D eigenvalue weighted by atomic mass is 16.3. The molecule has 3 rings (SSSR count). The molecule has 1 saturated carbocycles. The molecule has 1 fully saturated rings. The Hall–Kier alpha value is -2.15. The first-order chi connectivity index (χ1) is 9.66. The van der Waals surface area contributed by atoms with Gasteiger partial charge in [0, 0.05) is 12.4 Å². The van der Waals surface area contributed by atoms with Crippen LogP contribution in [0.1, 0.15) is 36.0 Å². The molecule has 2 atom stereocenters. The minimum Gasteiger partial charge on any atom is -0.391 e. The lowest BCUT2D eigenvalue weighted by Gasteiger charge is -2.28. The molecule has 4 N–H and O–H groups in total. The molecule has 0 radical (unpaired) electrons. The molecule has 1 aliphatic rings. The first kappa shape index (κ1) is 12.9. The molecular weight excluding hydrogens is 258 g/mol. The number of nitrogens with zero attached hydrogens (tertiary/aromatic N) is 3. The highest BCUT2D eigenvalue weighted by Crippen LogP contribution is 2.24. The maximum atomic E-state index is 11.6. The van der Waals surface area contributed by atoms with Gasteiger partial charge in [-0.15, -0.1) is 5.10 Å². The van der Waals surface area contributed by atoms with E-state index in [0.717, 1.165) is 25.7 Å². The van der Waals surface area contributed by atoms with Crippen molar-refractivity contribution in [3.63, 3.8) is 0 Å². The van der Waals surface area contributed by atoms with Crippen LogP contribution >= 0.6 is 0 Å². The van der Waals surface area contributed by atoms with Crippen LogP contribution in [0.5, 0.6) is 0 Å². The molecule has 0 unspecified atom stereocenters. The maximum absolute atomic E-state index is 11.6. The van der Waals surface area contributed by atoms with E-state index in [0.29, 0.717) is 11.5 Å². The van der Waals surface area contributed by atoms with E-state index >= 15 is 0 Å². The standard InChI is InChI=1S/C13H17N5O2/c14-11(20)10-12(16-8-4-1-2-5-9(8)19)17-18-7-3-6-15-13(10)18/h3,6-9,19H,1-2,4-5H2,(H2,14,20)(H,16,17)/t8-,9+/m1/s1. The van der Waals surface area contributed by atoms with E-state index in [9.17, 15) is 9.90 Å². The fourth-order valence-corrected chi connectivity index (χ4v) is 2.67. The topological polar surface area (TPSA) is 106 Å². The average Bonchev–Trinajstić information content (AvgIpc) is 2.79. The average molecular weight is 275 g/mol. The summed E-state index contributed by atoms with van der Waals surface area (Å²) >= 11 is 0. The lowest BCUT2D eigenvalue weighted by molar-refractivity contribution is 0.100. The Kier molecular flexibility index (Phi) is 3.27. The smallest absolute Gasteiger partial charge is 0.256 e. The third-order valence-corrected chi connectivity index (χ3v) is 3.69. The first-order valence-corrected chi connectivity index (χ1v) is 6.74. The van der Waals surface area contributed by atoms with Gasteiger partial charge in [-0.25, -0.2) is 9.50 Å². The molecule has 0 bridgehead atoms. The van der Waals surface area contributed by atoms with Crippen LogP contribution in [-0.4, -0.2) is 37.8 Å². The van der Waals surface area contributed by atoms with Crippen molar-refractivity contribution in [1.82, 2.24) is 14.6 Å². The van der Waals surface area contributed by atoms with Gasteiger partial charge >= 0.3 is 0 Å². The Morgan fingerprint density at radius 1 is 1.45 bits per heavy atom. The monoisotopic (exact) mass is 275 g/mol. The van der Waals surface area contributed by atoms with Crippen LogP contribution in [0.4, 0.5) is 5.82 Å². The van der Waals surface area contributed by atoms with Gasteiger partial charge in [-0.2, -0.15) is 0 Å². The second-order valence-electron chi connectivity index (χ2n) is 5.08. The highest BCUT2D eigenvalue weighted by molar-refractivity contribution is 6.03. The molecule has 0 aromatic carbocycles. The predicted octanol–water partition coefficient (Wildman–Crippen LogP) is 0.544. The summed E-state index contributed by atoms with van der Waals surface area (Å²) in [7, 11) is 0. The van der Waals surface area contributed by atoms with Gasteiger partial charge in [-0.3, -0.25) is 4.79 Å². The molecule has 0 saturated heterocycles. The zero-order valence-electron chi connectivity index (χ0n) is 11.0. The Bertz CT molecular complexity index is 639. The molecule has 2 aromatic heterocycles. The quantitative estimate of drug-likeness (QED) is 0.758. The fraction of sp³-hybridized carbons (Fsp3) is 0.462. The van der Waals surface area contributed by atoms with Crippen molar-refractivity contribution in [2.24, 2.45) is 5.73 Å². The SMILES string of the molecule is NC(=O)c1c(N[C@@H]2CCCC[C@@H]2O)nn2cccnc12. The second kappa shape index (κ2) is 5.09. The number of nitrogens with one attached hydrogen (secondary N) is 1. The summed E-state index contributed by atoms with van der Waals surface area (Å²) in [4.78, 5) is 15.8. The van der Waals surface area contributed by atoms with Gasteiger partial charge in [-0.05, 0) is 18.9 Å². The normalized spacial score (nSPS) is 22.9. The summed E-state index contributed by atoms with van der Waals surface area (Å²) in [5.41, 5.74) is 6.12. The molecule has 7 heteroatoms. The van der Waals surface area contributed by atoms with Gasteiger partial charge in [0.05, 0.1) is 12.1 Å². The second-order valence-corrected chi connectivity index (χ2v) is 5.08. The zero-order chi connectivity index (χ0) is 14.1. The lowest BCUT2D eigenvalue weighted by atomic mass is 9.92. The summed E-state index contributed by atoms with van der Waals surface area (Å²) in [6.07, 6.45) is 6.54. The summed E-state index contributed by atoms with van der Waals surface area (Å²) in [5.74, 6) is -0.186. The number of anilines is 1. The molecule has 2 heterocycles. The number of aromatic nitrogens is 3. The van der Waals surface area contributed by atoms with Crippen LogP contribution in [0.3, 0.4) is 0 Å². The minimum absolute atomic E-state index is 0.105. The number of primary amides is 1. The number of aliphatic hydroxyl groups excluding tert-OH is 1. The van der Waals surface area contributed by atoms with Crippen molar-refractivity contribution in [2.75, 3.05) is 5.32 Å². The van der Waals surface area contributed by atoms with Crippen LogP contribution in [-0.2, 0) is 0 Å². The number of hydrogen-bond donors (Lipinski definition) is 3. The molecule has 106 valence electrons. The van der Waals surface area contributed by atoms with Gasteiger partial charge in [-0.1, -0.05) is 12.8 Å². The molecule has 0 spiro atoms. The van der Waals surface area contributed by atoms with E-state index < -0.39 is 12.0 Å². The number of carbonyl (C=O) groups is 1. The van der Waals surface area contributed by atoms with E-state index in [-0.39, 0.29) is 11.6 Å². The number of amides is 1. The van der Waals surface area contributed by atoms with E-state index in [1.165, 1.54) is 4.52 Å². The van der Waals surface area contributed by atoms with Gasteiger partial charge in [0.1, 0.15) is 5.56 Å². The van der Waals surface area contributed by atoms with Crippen molar-refractivity contribution >= 4 is 17.4 Å².